The van der Waals surface area contributed by atoms with Crippen LogP contribution in [0.3, 0.4) is 0 Å². The van der Waals surface area contributed by atoms with E-state index >= 15 is 0 Å². The molecule has 1 aromatic heterocycles. The largest absolute Gasteiger partial charge is 0.352 e. The third kappa shape index (κ3) is 3.80. The van der Waals surface area contributed by atoms with Gasteiger partial charge < -0.3 is 10.6 Å². The van der Waals surface area contributed by atoms with Crippen LogP contribution in [0.15, 0.2) is 18.7 Å². The highest BCUT2D eigenvalue weighted by Crippen LogP contribution is 1.84. The summed E-state index contributed by atoms with van der Waals surface area (Å²) in [4.78, 5) is 26.2. The maximum Gasteiger partial charge on any atom is 0.327 e. The monoisotopic (exact) mass is 210 g/mol. The Morgan fingerprint density at radius 2 is 2.20 bits per heavy atom. The average Bonchev–Trinajstić information content (AvgIpc) is 2.65. The first kappa shape index (κ1) is 11.2. The van der Waals surface area contributed by atoms with Gasteiger partial charge in [-0.05, 0) is 13.8 Å². The van der Waals surface area contributed by atoms with E-state index in [-0.39, 0.29) is 24.5 Å². The van der Waals surface area contributed by atoms with Gasteiger partial charge in [0, 0.05) is 18.4 Å². The molecule has 0 aliphatic carbocycles. The number of carbonyl (C=O) groups excluding carboxylic acids is 2. The summed E-state index contributed by atoms with van der Waals surface area (Å²) in [7, 11) is 0. The van der Waals surface area contributed by atoms with Gasteiger partial charge in [-0.2, -0.15) is 0 Å². The number of carbonyl (C=O) groups is 2. The third-order valence-corrected chi connectivity index (χ3v) is 1.59. The molecule has 0 saturated heterocycles. The number of hydrogen-bond acceptors (Lipinski definition) is 3. The number of amides is 2. The van der Waals surface area contributed by atoms with Crippen LogP contribution >= 0.6 is 0 Å². The predicted molar refractivity (Wildman–Crippen MR) is 54.3 cm³/mol. The minimum Gasteiger partial charge on any atom is -0.352 e. The molecule has 0 unspecified atom stereocenters. The van der Waals surface area contributed by atoms with Gasteiger partial charge in [0.2, 0.25) is 5.91 Å². The second-order valence-electron chi connectivity index (χ2n) is 3.35. The van der Waals surface area contributed by atoms with Gasteiger partial charge in [0.1, 0.15) is 6.33 Å². The lowest BCUT2D eigenvalue weighted by molar-refractivity contribution is -0.120. The molecule has 0 aliphatic heterocycles. The molecule has 0 radical (unpaired) electrons. The second-order valence-corrected chi connectivity index (χ2v) is 3.35. The Kier molecular flexibility index (Phi) is 3.84. The minimum absolute atomic E-state index is 0.0325. The summed E-state index contributed by atoms with van der Waals surface area (Å²) < 4.78 is 1.27. The number of nitrogens with one attached hydrogen (secondary N) is 2. The van der Waals surface area contributed by atoms with E-state index in [1.807, 2.05) is 13.8 Å². The van der Waals surface area contributed by atoms with Crippen LogP contribution in [0.2, 0.25) is 0 Å². The highest BCUT2D eigenvalue weighted by molar-refractivity contribution is 5.84. The van der Waals surface area contributed by atoms with Crippen molar-refractivity contribution in [2.75, 3.05) is 6.54 Å². The standard InChI is InChI=1S/C9H14N4O2/c1-7(2)12-8(14)5-11-9(15)13-4-3-10-6-13/h3-4,6-7H,5H2,1-2H3,(H,11,15)(H,12,14). The Morgan fingerprint density at radius 3 is 2.73 bits per heavy atom. The van der Waals surface area contributed by atoms with Gasteiger partial charge in [0.25, 0.3) is 0 Å². The molecule has 2 N–H and O–H groups in total. The molecular weight excluding hydrogens is 196 g/mol. The van der Waals surface area contributed by atoms with Crippen LogP contribution in [-0.4, -0.2) is 34.1 Å². The number of rotatable bonds is 3. The van der Waals surface area contributed by atoms with Crippen LogP contribution in [-0.2, 0) is 4.79 Å². The molecule has 0 aromatic carbocycles. The quantitative estimate of drug-likeness (QED) is 0.735. The van der Waals surface area contributed by atoms with Crippen molar-refractivity contribution in [1.82, 2.24) is 20.2 Å². The zero-order chi connectivity index (χ0) is 11.3. The summed E-state index contributed by atoms with van der Waals surface area (Å²) in [6.07, 6.45) is 4.37. The van der Waals surface area contributed by atoms with Crippen molar-refractivity contribution in [2.45, 2.75) is 19.9 Å². The molecule has 0 saturated carbocycles. The molecule has 1 rings (SSSR count). The molecule has 0 aliphatic rings. The van der Waals surface area contributed by atoms with Crippen LogP contribution in [0.1, 0.15) is 13.8 Å². The molecule has 82 valence electrons. The Labute approximate surface area is 87.7 Å². The normalized spacial score (nSPS) is 10.1. The lowest BCUT2D eigenvalue weighted by atomic mass is 10.4. The van der Waals surface area contributed by atoms with E-state index in [0.717, 1.165) is 0 Å². The molecule has 0 atom stereocenters. The topological polar surface area (TPSA) is 76.0 Å². The van der Waals surface area contributed by atoms with Crippen LogP contribution in [0, 0.1) is 0 Å². The zero-order valence-electron chi connectivity index (χ0n) is 8.73. The van der Waals surface area contributed by atoms with Gasteiger partial charge >= 0.3 is 6.03 Å². The van der Waals surface area contributed by atoms with Crippen LogP contribution in [0.5, 0.6) is 0 Å². The lowest BCUT2D eigenvalue weighted by Gasteiger charge is -2.09. The predicted octanol–water partition coefficient (Wildman–Crippen LogP) is -0.0346. The molecule has 0 spiro atoms. The molecule has 1 aromatic rings. The zero-order valence-corrected chi connectivity index (χ0v) is 8.73. The summed E-state index contributed by atoms with van der Waals surface area (Å²) in [6.45, 7) is 3.68. The van der Waals surface area contributed by atoms with Crippen molar-refractivity contribution in [3.63, 3.8) is 0 Å². The van der Waals surface area contributed by atoms with Crippen molar-refractivity contribution >= 4 is 11.9 Å². The van der Waals surface area contributed by atoms with Crippen molar-refractivity contribution in [1.29, 1.82) is 0 Å². The third-order valence-electron chi connectivity index (χ3n) is 1.59. The fourth-order valence-electron chi connectivity index (χ4n) is 0.999. The first-order valence-corrected chi connectivity index (χ1v) is 4.65. The summed E-state index contributed by atoms with van der Waals surface area (Å²) in [5.41, 5.74) is 0. The maximum atomic E-state index is 11.3. The number of nitrogens with zero attached hydrogens (tertiary/aromatic N) is 2. The van der Waals surface area contributed by atoms with E-state index in [1.165, 1.54) is 23.3 Å². The molecule has 6 heteroatoms. The first-order chi connectivity index (χ1) is 7.09. The summed E-state index contributed by atoms with van der Waals surface area (Å²) in [6, 6.07) is -0.297. The molecule has 0 fully saturated rings. The second kappa shape index (κ2) is 5.14. The summed E-state index contributed by atoms with van der Waals surface area (Å²) in [5, 5.41) is 5.13. The van der Waals surface area contributed by atoms with Gasteiger partial charge in [-0.25, -0.2) is 9.78 Å². The number of imidazole rings is 1. The lowest BCUT2D eigenvalue weighted by Crippen LogP contribution is -2.40. The van der Waals surface area contributed by atoms with Crippen LogP contribution in [0.4, 0.5) is 4.79 Å². The van der Waals surface area contributed by atoms with Crippen molar-refractivity contribution in [2.24, 2.45) is 0 Å². The summed E-state index contributed by atoms with van der Waals surface area (Å²) in [5.74, 6) is -0.210. The van der Waals surface area contributed by atoms with Gasteiger partial charge in [0.05, 0.1) is 6.54 Å². The Balaban J connectivity index is 2.32. The van der Waals surface area contributed by atoms with E-state index in [0.29, 0.717) is 0 Å². The molecule has 0 bridgehead atoms. The SMILES string of the molecule is CC(C)NC(=O)CNC(=O)n1ccnc1. The highest BCUT2D eigenvalue weighted by atomic mass is 16.2. The number of hydrogen-bond donors (Lipinski definition) is 2. The Bertz CT molecular complexity index is 332. The van der Waals surface area contributed by atoms with Crippen molar-refractivity contribution < 1.29 is 9.59 Å². The molecular formula is C9H14N4O2. The van der Waals surface area contributed by atoms with Crippen LogP contribution in [0.25, 0.3) is 0 Å². The number of aromatic nitrogens is 2. The van der Waals surface area contributed by atoms with Crippen molar-refractivity contribution in [3.8, 4) is 0 Å². The van der Waals surface area contributed by atoms with E-state index in [2.05, 4.69) is 15.6 Å². The van der Waals surface area contributed by atoms with E-state index < -0.39 is 0 Å². The molecule has 1 heterocycles. The molecule has 2 amide bonds. The maximum absolute atomic E-state index is 11.3. The fourth-order valence-corrected chi connectivity index (χ4v) is 0.999. The van der Waals surface area contributed by atoms with E-state index in [4.69, 9.17) is 0 Å². The minimum atomic E-state index is -0.369. The van der Waals surface area contributed by atoms with Gasteiger partial charge in [-0.3, -0.25) is 9.36 Å². The van der Waals surface area contributed by atoms with Crippen LogP contribution < -0.4 is 10.6 Å². The Hall–Kier alpha value is -1.85. The average molecular weight is 210 g/mol. The van der Waals surface area contributed by atoms with Gasteiger partial charge in [-0.1, -0.05) is 0 Å². The smallest absolute Gasteiger partial charge is 0.327 e. The highest BCUT2D eigenvalue weighted by Gasteiger charge is 2.06. The van der Waals surface area contributed by atoms with E-state index in [1.54, 1.807) is 0 Å². The summed E-state index contributed by atoms with van der Waals surface area (Å²) >= 11 is 0. The van der Waals surface area contributed by atoms with Crippen molar-refractivity contribution in [3.05, 3.63) is 18.7 Å². The van der Waals surface area contributed by atoms with Gasteiger partial charge in [-0.15, -0.1) is 0 Å². The Morgan fingerprint density at radius 1 is 1.47 bits per heavy atom. The molecule has 6 nitrogen and oxygen atoms in total. The fraction of sp³-hybridized carbons (Fsp3) is 0.444. The first-order valence-electron chi connectivity index (χ1n) is 4.65. The van der Waals surface area contributed by atoms with Gasteiger partial charge in [0.15, 0.2) is 0 Å². The molecule has 15 heavy (non-hydrogen) atoms. The van der Waals surface area contributed by atoms with E-state index in [9.17, 15) is 9.59 Å².